The van der Waals surface area contributed by atoms with Crippen molar-refractivity contribution in [3.63, 3.8) is 0 Å². The summed E-state index contributed by atoms with van der Waals surface area (Å²) in [7, 11) is 0. The average Bonchev–Trinajstić information content (AvgIpc) is 2.76. The first-order chi connectivity index (χ1) is 15.1. The van der Waals surface area contributed by atoms with Gasteiger partial charge in [0.1, 0.15) is 5.82 Å². The number of nitrogens with zero attached hydrogens (tertiary/aromatic N) is 5. The van der Waals surface area contributed by atoms with Gasteiger partial charge in [0.15, 0.2) is 5.75 Å². The van der Waals surface area contributed by atoms with Crippen LogP contribution in [0.4, 0.5) is 20.5 Å². The van der Waals surface area contributed by atoms with E-state index in [1.165, 1.54) is 23.1 Å². The monoisotopic (exact) mass is 429 g/mol. The van der Waals surface area contributed by atoms with E-state index in [4.69, 9.17) is 0 Å². The first kappa shape index (κ1) is 20.6. The number of alkyl halides is 2. The third-order valence-electron chi connectivity index (χ3n) is 4.92. The van der Waals surface area contributed by atoms with Gasteiger partial charge >= 0.3 is 6.61 Å². The molecule has 1 fully saturated rings. The van der Waals surface area contributed by atoms with Crippen molar-refractivity contribution in [1.82, 2.24) is 24.7 Å². The van der Waals surface area contributed by atoms with Crippen molar-refractivity contribution >= 4 is 11.8 Å². The molecule has 1 aliphatic carbocycles. The van der Waals surface area contributed by atoms with Crippen molar-refractivity contribution in [3.8, 4) is 11.4 Å². The predicted octanol–water partition coefficient (Wildman–Crippen LogP) is 2.85. The molecular formula is C20H21F2N7O2. The van der Waals surface area contributed by atoms with Gasteiger partial charge in [0, 0.05) is 24.3 Å². The molecule has 1 saturated carbocycles. The summed E-state index contributed by atoms with van der Waals surface area (Å²) >= 11 is 0. The van der Waals surface area contributed by atoms with Gasteiger partial charge in [-0.15, -0.1) is 0 Å². The lowest BCUT2D eigenvalue weighted by Gasteiger charge is -2.30. The predicted molar refractivity (Wildman–Crippen MR) is 110 cm³/mol. The molecule has 3 aromatic rings. The van der Waals surface area contributed by atoms with Gasteiger partial charge in [0.2, 0.25) is 5.95 Å². The average molecular weight is 429 g/mol. The van der Waals surface area contributed by atoms with Crippen molar-refractivity contribution in [2.75, 3.05) is 10.6 Å². The van der Waals surface area contributed by atoms with Gasteiger partial charge in [-0.2, -0.15) is 18.6 Å². The Morgan fingerprint density at radius 2 is 1.81 bits per heavy atom. The van der Waals surface area contributed by atoms with Crippen molar-refractivity contribution in [3.05, 3.63) is 59.4 Å². The molecule has 2 atom stereocenters. The fourth-order valence-corrected chi connectivity index (χ4v) is 3.55. The molecule has 31 heavy (non-hydrogen) atoms. The minimum Gasteiger partial charge on any atom is -0.432 e. The topological polar surface area (TPSA) is 107 Å². The Labute approximate surface area is 176 Å². The molecule has 0 bridgehead atoms. The van der Waals surface area contributed by atoms with E-state index in [1.54, 1.807) is 24.5 Å². The summed E-state index contributed by atoms with van der Waals surface area (Å²) in [5.41, 5.74) is 0.373. The highest BCUT2D eigenvalue weighted by atomic mass is 19.3. The number of hydrogen-bond acceptors (Lipinski definition) is 8. The highest BCUT2D eigenvalue weighted by molar-refractivity contribution is 5.41. The summed E-state index contributed by atoms with van der Waals surface area (Å²) in [6, 6.07) is 6.98. The van der Waals surface area contributed by atoms with Gasteiger partial charge in [-0.3, -0.25) is 4.79 Å². The number of hydrogen-bond donors (Lipinski definition) is 2. The Kier molecular flexibility index (Phi) is 6.29. The van der Waals surface area contributed by atoms with E-state index in [-0.39, 0.29) is 23.4 Å². The molecule has 3 aromatic heterocycles. The Hall–Kier alpha value is -3.63. The fourth-order valence-electron chi connectivity index (χ4n) is 3.55. The normalized spacial score (nSPS) is 18.5. The molecule has 0 spiro atoms. The molecule has 1 aliphatic rings. The van der Waals surface area contributed by atoms with Gasteiger partial charge in [-0.1, -0.05) is 0 Å². The summed E-state index contributed by atoms with van der Waals surface area (Å²) in [6.07, 6.45) is 9.36. The van der Waals surface area contributed by atoms with Crippen LogP contribution in [0.1, 0.15) is 25.7 Å². The van der Waals surface area contributed by atoms with Gasteiger partial charge in [0.25, 0.3) is 5.56 Å². The lowest BCUT2D eigenvalue weighted by Crippen LogP contribution is -2.35. The van der Waals surface area contributed by atoms with Crippen molar-refractivity contribution in [2.45, 2.75) is 44.4 Å². The fraction of sp³-hybridized carbons (Fsp3) is 0.350. The summed E-state index contributed by atoms with van der Waals surface area (Å²) in [6.45, 7) is -2.90. The van der Waals surface area contributed by atoms with E-state index in [1.807, 2.05) is 6.07 Å². The molecule has 9 nitrogen and oxygen atoms in total. The van der Waals surface area contributed by atoms with Crippen LogP contribution >= 0.6 is 0 Å². The number of pyridine rings is 1. The van der Waals surface area contributed by atoms with E-state index in [0.29, 0.717) is 17.5 Å². The zero-order valence-corrected chi connectivity index (χ0v) is 16.5. The molecule has 0 unspecified atom stereocenters. The van der Waals surface area contributed by atoms with Gasteiger partial charge < -0.3 is 15.4 Å². The van der Waals surface area contributed by atoms with E-state index < -0.39 is 6.61 Å². The Morgan fingerprint density at radius 1 is 1.03 bits per heavy atom. The van der Waals surface area contributed by atoms with Crippen molar-refractivity contribution in [2.24, 2.45) is 0 Å². The van der Waals surface area contributed by atoms with Gasteiger partial charge in [-0.05, 0) is 43.9 Å². The molecule has 162 valence electrons. The van der Waals surface area contributed by atoms with Crippen molar-refractivity contribution < 1.29 is 13.5 Å². The molecule has 0 saturated heterocycles. The zero-order valence-electron chi connectivity index (χ0n) is 16.5. The summed E-state index contributed by atoms with van der Waals surface area (Å²) < 4.78 is 30.0. The molecule has 11 heteroatoms. The maximum Gasteiger partial charge on any atom is 0.387 e. The third kappa shape index (κ3) is 5.50. The Balaban J connectivity index is 1.33. The third-order valence-corrected chi connectivity index (χ3v) is 4.92. The van der Waals surface area contributed by atoms with Crippen LogP contribution in [0.25, 0.3) is 5.69 Å². The standard InChI is InChI=1S/C20H21F2N7O2/c21-19(22)31-16-11-24-20(25-12-16)28-14-4-1-3-13(9-14)27-17-7-6-15(10-23-17)29-18(30)5-2-8-26-29/h2,5-8,10-14,19H,1,3-4,9H2,(H,23,27)(H,24,25,28)/t13-,14-/m0/s1. The summed E-state index contributed by atoms with van der Waals surface area (Å²) in [5.74, 6) is 1.00. The minimum absolute atomic E-state index is 0.0776. The molecular weight excluding hydrogens is 408 g/mol. The van der Waals surface area contributed by atoms with E-state index >= 15 is 0 Å². The number of rotatable bonds is 7. The highest BCUT2D eigenvalue weighted by Crippen LogP contribution is 2.24. The van der Waals surface area contributed by atoms with E-state index in [2.05, 4.69) is 35.4 Å². The zero-order chi connectivity index (χ0) is 21.6. The quantitative estimate of drug-likeness (QED) is 0.591. The lowest BCUT2D eigenvalue weighted by molar-refractivity contribution is -0.0503. The van der Waals surface area contributed by atoms with Crippen molar-refractivity contribution in [1.29, 1.82) is 0 Å². The number of aromatic nitrogens is 5. The number of ether oxygens (including phenoxy) is 1. The second-order valence-corrected chi connectivity index (χ2v) is 7.15. The molecule has 0 radical (unpaired) electrons. The Bertz CT molecular complexity index is 1040. The number of anilines is 2. The lowest BCUT2D eigenvalue weighted by atomic mass is 9.91. The van der Waals surface area contributed by atoms with Crippen LogP contribution in [0.15, 0.2) is 53.8 Å². The van der Waals surface area contributed by atoms with Gasteiger partial charge in [0.05, 0.1) is 24.3 Å². The molecule has 3 heterocycles. The molecule has 0 aliphatic heterocycles. The first-order valence-electron chi connectivity index (χ1n) is 9.87. The van der Waals surface area contributed by atoms with Crippen LogP contribution in [0.5, 0.6) is 5.75 Å². The second kappa shape index (κ2) is 9.45. The SMILES string of the molecule is O=c1cccnn1-c1ccc(N[C@H]2CCC[C@H](Nc3ncc(OC(F)F)cn3)C2)nc1. The number of nitrogens with one attached hydrogen (secondary N) is 2. The highest BCUT2D eigenvalue weighted by Gasteiger charge is 2.23. The second-order valence-electron chi connectivity index (χ2n) is 7.15. The smallest absolute Gasteiger partial charge is 0.387 e. The van der Waals surface area contributed by atoms with Crippen LogP contribution in [0.3, 0.4) is 0 Å². The first-order valence-corrected chi connectivity index (χ1v) is 9.87. The van der Waals surface area contributed by atoms with Crippen LogP contribution in [0, 0.1) is 0 Å². The summed E-state index contributed by atoms with van der Waals surface area (Å²) in [4.78, 5) is 24.3. The Morgan fingerprint density at radius 3 is 2.48 bits per heavy atom. The van der Waals surface area contributed by atoms with E-state index in [9.17, 15) is 13.6 Å². The van der Waals surface area contributed by atoms with E-state index in [0.717, 1.165) is 25.7 Å². The molecule has 0 amide bonds. The van der Waals surface area contributed by atoms with Crippen LogP contribution in [0.2, 0.25) is 0 Å². The van der Waals surface area contributed by atoms with Crippen LogP contribution < -0.4 is 20.9 Å². The van der Waals surface area contributed by atoms with Crippen LogP contribution in [-0.4, -0.2) is 43.4 Å². The summed E-state index contributed by atoms with van der Waals surface area (Å²) in [5, 5.41) is 10.7. The largest absolute Gasteiger partial charge is 0.432 e. The number of halogens is 2. The molecule has 0 aromatic carbocycles. The maximum atomic E-state index is 12.2. The van der Waals surface area contributed by atoms with Crippen LogP contribution in [-0.2, 0) is 0 Å². The maximum absolute atomic E-state index is 12.2. The van der Waals surface area contributed by atoms with Gasteiger partial charge in [-0.25, -0.2) is 15.0 Å². The molecule has 2 N–H and O–H groups in total. The minimum atomic E-state index is -2.90. The molecule has 4 rings (SSSR count).